The van der Waals surface area contributed by atoms with Crippen molar-refractivity contribution in [3.05, 3.63) is 11.6 Å². The second kappa shape index (κ2) is 6.13. The van der Waals surface area contributed by atoms with Gasteiger partial charge >= 0.3 is 0 Å². The molecule has 2 heteroatoms. The first-order valence-corrected chi connectivity index (χ1v) is 10.4. The van der Waals surface area contributed by atoms with Crippen molar-refractivity contribution in [3.8, 4) is 0 Å². The van der Waals surface area contributed by atoms with Crippen LogP contribution in [0.4, 0.5) is 0 Å². The average Bonchev–Trinajstić information content (AvgIpc) is 2.90. The first kappa shape index (κ1) is 17.1. The first-order valence-electron chi connectivity index (χ1n) is 10.4. The van der Waals surface area contributed by atoms with Crippen molar-refractivity contribution in [3.63, 3.8) is 0 Å². The Morgan fingerprint density at radius 2 is 1.88 bits per heavy atom. The lowest BCUT2D eigenvalue weighted by Crippen LogP contribution is -2.51. The van der Waals surface area contributed by atoms with Crippen LogP contribution in [-0.2, 0) is 4.74 Å². The van der Waals surface area contributed by atoms with Crippen molar-refractivity contribution in [1.29, 1.82) is 0 Å². The zero-order valence-corrected chi connectivity index (χ0v) is 15.9. The molecule has 4 saturated carbocycles. The summed E-state index contributed by atoms with van der Waals surface area (Å²) in [5.74, 6) is 4.44. The highest BCUT2D eigenvalue weighted by atomic mass is 16.5. The fourth-order valence-corrected chi connectivity index (χ4v) is 7.68. The largest absolute Gasteiger partial charge is 0.387 e. The van der Waals surface area contributed by atoms with E-state index in [9.17, 15) is 5.11 Å². The van der Waals surface area contributed by atoms with Crippen molar-refractivity contribution in [2.75, 3.05) is 13.7 Å². The maximum Gasteiger partial charge on any atom is 0.0882 e. The Balaban J connectivity index is 1.52. The maximum atomic E-state index is 10.8. The van der Waals surface area contributed by atoms with E-state index in [-0.39, 0.29) is 0 Å². The van der Waals surface area contributed by atoms with Crippen molar-refractivity contribution in [1.82, 2.24) is 0 Å². The van der Waals surface area contributed by atoms with Gasteiger partial charge in [0.25, 0.3) is 0 Å². The van der Waals surface area contributed by atoms with Gasteiger partial charge in [-0.1, -0.05) is 18.6 Å². The van der Waals surface area contributed by atoms with Gasteiger partial charge in [0.15, 0.2) is 0 Å². The lowest BCUT2D eigenvalue weighted by atomic mass is 9.49. The van der Waals surface area contributed by atoms with Gasteiger partial charge in [0.1, 0.15) is 0 Å². The summed E-state index contributed by atoms with van der Waals surface area (Å²) in [5, 5.41) is 10.8. The Labute approximate surface area is 148 Å². The molecule has 0 unspecified atom stereocenters. The molecule has 0 bridgehead atoms. The minimum absolute atomic E-state index is 0.508. The Hall–Kier alpha value is -0.340. The average molecular weight is 333 g/mol. The molecule has 0 saturated heterocycles. The van der Waals surface area contributed by atoms with Crippen LogP contribution < -0.4 is 0 Å². The summed E-state index contributed by atoms with van der Waals surface area (Å²) in [6.45, 7) is 5.35. The van der Waals surface area contributed by atoms with Crippen molar-refractivity contribution < 1.29 is 9.84 Å². The second-order valence-electron chi connectivity index (χ2n) is 9.64. The highest BCUT2D eigenvalue weighted by molar-refractivity contribution is 5.23. The number of methoxy groups -OCH3 is 1. The van der Waals surface area contributed by atoms with E-state index in [2.05, 4.69) is 19.9 Å². The number of hydrogen-bond acceptors (Lipinski definition) is 2. The van der Waals surface area contributed by atoms with Crippen LogP contribution in [0.1, 0.15) is 71.6 Å². The molecular weight excluding hydrogens is 296 g/mol. The Bertz CT molecular complexity index is 512. The Kier molecular flexibility index (Phi) is 4.36. The number of allylic oxidation sites excluding steroid dienone is 2. The van der Waals surface area contributed by atoms with Gasteiger partial charge in [-0.25, -0.2) is 0 Å². The SMILES string of the molecule is C/C=C1/CC[C@H]2[C@@H]3CC[C@H]4C[C@@](O)(COC)CC[C@@H]4[C@H]3CC[C@]12C. The van der Waals surface area contributed by atoms with Crippen LogP contribution in [0.25, 0.3) is 0 Å². The minimum Gasteiger partial charge on any atom is -0.387 e. The third kappa shape index (κ3) is 2.51. The van der Waals surface area contributed by atoms with Gasteiger partial charge in [-0.2, -0.15) is 0 Å². The fourth-order valence-electron chi connectivity index (χ4n) is 7.68. The number of ether oxygens (including phenoxy) is 1. The topological polar surface area (TPSA) is 29.5 Å². The maximum absolute atomic E-state index is 10.8. The van der Waals surface area contributed by atoms with Crippen LogP contribution in [0.3, 0.4) is 0 Å². The van der Waals surface area contributed by atoms with Crippen LogP contribution in [-0.4, -0.2) is 24.4 Å². The molecule has 24 heavy (non-hydrogen) atoms. The van der Waals surface area contributed by atoms with Crippen molar-refractivity contribution in [2.45, 2.75) is 77.2 Å². The van der Waals surface area contributed by atoms with E-state index in [0.29, 0.717) is 12.0 Å². The van der Waals surface area contributed by atoms with Crippen LogP contribution in [0.5, 0.6) is 0 Å². The number of fused-ring (bicyclic) bond motifs is 5. The lowest BCUT2D eigenvalue weighted by molar-refractivity contribution is -0.119. The summed E-state index contributed by atoms with van der Waals surface area (Å²) in [7, 11) is 1.72. The fraction of sp³-hybridized carbons (Fsp3) is 0.909. The van der Waals surface area contributed by atoms with Gasteiger partial charge < -0.3 is 9.84 Å². The molecule has 7 atom stereocenters. The highest BCUT2D eigenvalue weighted by Gasteiger charge is 2.56. The summed E-state index contributed by atoms with van der Waals surface area (Å²) in [5.41, 5.74) is 1.72. The summed E-state index contributed by atoms with van der Waals surface area (Å²) in [6, 6.07) is 0. The van der Waals surface area contributed by atoms with Gasteiger partial charge in [0, 0.05) is 7.11 Å². The molecule has 0 spiro atoms. The van der Waals surface area contributed by atoms with Gasteiger partial charge in [-0.3, -0.25) is 0 Å². The normalized spacial score (nSPS) is 52.7. The van der Waals surface area contributed by atoms with Crippen LogP contribution in [0, 0.1) is 35.0 Å². The van der Waals surface area contributed by atoms with E-state index < -0.39 is 5.60 Å². The van der Waals surface area contributed by atoms with Gasteiger partial charge in [0.05, 0.1) is 12.2 Å². The third-order valence-corrected chi connectivity index (χ3v) is 8.71. The van der Waals surface area contributed by atoms with E-state index in [1.807, 2.05) is 0 Å². The number of hydrogen-bond donors (Lipinski definition) is 1. The smallest absolute Gasteiger partial charge is 0.0882 e. The molecule has 1 N–H and O–H groups in total. The third-order valence-electron chi connectivity index (χ3n) is 8.71. The van der Waals surface area contributed by atoms with E-state index in [0.717, 1.165) is 42.4 Å². The van der Waals surface area contributed by atoms with Crippen LogP contribution in [0.15, 0.2) is 11.6 Å². The zero-order valence-electron chi connectivity index (χ0n) is 15.9. The molecule has 0 radical (unpaired) electrons. The zero-order chi connectivity index (χ0) is 16.9. The molecule has 4 aliphatic rings. The van der Waals surface area contributed by atoms with Gasteiger partial charge in [0.2, 0.25) is 0 Å². The van der Waals surface area contributed by atoms with Gasteiger partial charge in [-0.05, 0) is 99.7 Å². The molecule has 0 aromatic rings. The summed E-state index contributed by atoms with van der Waals surface area (Å²) < 4.78 is 5.31. The molecule has 0 aromatic carbocycles. The molecular formula is C22H36O2. The number of rotatable bonds is 2. The Morgan fingerprint density at radius 1 is 1.08 bits per heavy atom. The van der Waals surface area contributed by atoms with Crippen molar-refractivity contribution >= 4 is 0 Å². The summed E-state index contributed by atoms with van der Waals surface area (Å²) >= 11 is 0. The molecule has 0 aromatic heterocycles. The first-order chi connectivity index (χ1) is 11.5. The van der Waals surface area contributed by atoms with E-state index in [1.165, 1.54) is 44.9 Å². The standard InChI is InChI=1S/C22H36O2/c1-4-16-6-8-20-19-7-5-15-13-22(23,14-24-3)12-10-17(15)18(19)9-11-21(16,20)2/h4,15,17-20,23H,5-14H2,1-3H3/b16-4-/t15-,17-,18+,19+,20-,21+,22+/m0/s1. The van der Waals surface area contributed by atoms with Gasteiger partial charge in [-0.15, -0.1) is 0 Å². The monoisotopic (exact) mass is 332 g/mol. The minimum atomic E-state index is -0.544. The summed E-state index contributed by atoms with van der Waals surface area (Å²) in [6.07, 6.45) is 14.0. The Morgan fingerprint density at radius 3 is 2.62 bits per heavy atom. The molecule has 2 nitrogen and oxygen atoms in total. The quantitative estimate of drug-likeness (QED) is 0.724. The molecule has 0 heterocycles. The molecule has 4 fully saturated rings. The van der Waals surface area contributed by atoms with Crippen LogP contribution >= 0.6 is 0 Å². The van der Waals surface area contributed by atoms with E-state index in [1.54, 1.807) is 12.7 Å². The van der Waals surface area contributed by atoms with E-state index >= 15 is 0 Å². The lowest BCUT2D eigenvalue weighted by Gasteiger charge is -2.56. The molecule has 4 rings (SSSR count). The van der Waals surface area contributed by atoms with E-state index in [4.69, 9.17) is 4.74 Å². The predicted octanol–water partition coefficient (Wildman–Crippen LogP) is 4.96. The van der Waals surface area contributed by atoms with Crippen molar-refractivity contribution in [2.24, 2.45) is 35.0 Å². The molecule has 0 amide bonds. The molecule has 4 aliphatic carbocycles. The highest BCUT2D eigenvalue weighted by Crippen LogP contribution is 2.64. The molecule has 0 aliphatic heterocycles. The second-order valence-corrected chi connectivity index (χ2v) is 9.64. The number of aliphatic hydroxyl groups is 1. The summed E-state index contributed by atoms with van der Waals surface area (Å²) in [4.78, 5) is 0. The predicted molar refractivity (Wildman–Crippen MR) is 97.7 cm³/mol. The van der Waals surface area contributed by atoms with Crippen LogP contribution in [0.2, 0.25) is 0 Å². The molecule has 136 valence electrons.